The van der Waals surface area contributed by atoms with Gasteiger partial charge in [-0.15, -0.1) is 0 Å². The lowest BCUT2D eigenvalue weighted by Crippen LogP contribution is -2.28. The molecular formula is C19H23NO5. The van der Waals surface area contributed by atoms with Gasteiger partial charge in [-0.2, -0.15) is 0 Å². The molecule has 0 heterocycles. The molecule has 0 saturated carbocycles. The lowest BCUT2D eigenvalue weighted by molar-refractivity contribution is -0.123. The van der Waals surface area contributed by atoms with Gasteiger partial charge in [-0.05, 0) is 42.3 Å². The third kappa shape index (κ3) is 5.04. The molecule has 134 valence electrons. The molecule has 0 atom stereocenters. The summed E-state index contributed by atoms with van der Waals surface area (Å²) < 4.78 is 21.4. The topological polar surface area (TPSA) is 66.0 Å². The maximum absolute atomic E-state index is 12.1. The Labute approximate surface area is 147 Å². The van der Waals surface area contributed by atoms with Crippen LogP contribution in [0.1, 0.15) is 11.1 Å². The predicted octanol–water partition coefficient (Wildman–Crippen LogP) is 2.72. The Bertz CT molecular complexity index is 704. The molecule has 0 aliphatic carbocycles. The fourth-order valence-electron chi connectivity index (χ4n) is 2.33. The van der Waals surface area contributed by atoms with E-state index in [-0.39, 0.29) is 12.5 Å². The highest BCUT2D eigenvalue weighted by atomic mass is 16.5. The van der Waals surface area contributed by atoms with Gasteiger partial charge in [-0.3, -0.25) is 4.79 Å². The Morgan fingerprint density at radius 2 is 1.68 bits per heavy atom. The molecule has 1 N–H and O–H groups in total. The lowest BCUT2D eigenvalue weighted by atomic mass is 10.2. The summed E-state index contributed by atoms with van der Waals surface area (Å²) in [5.74, 6) is 1.96. The van der Waals surface area contributed by atoms with E-state index < -0.39 is 0 Å². The molecule has 0 bridgehead atoms. The fraction of sp³-hybridized carbons (Fsp3) is 0.316. The van der Waals surface area contributed by atoms with Crippen LogP contribution in [0.5, 0.6) is 23.0 Å². The van der Waals surface area contributed by atoms with Gasteiger partial charge in [-0.25, -0.2) is 0 Å². The zero-order valence-corrected chi connectivity index (χ0v) is 14.9. The first-order valence-electron chi connectivity index (χ1n) is 7.82. The van der Waals surface area contributed by atoms with Gasteiger partial charge in [0.1, 0.15) is 5.75 Å². The number of aryl methyl sites for hydroxylation is 1. The fourth-order valence-corrected chi connectivity index (χ4v) is 2.33. The summed E-state index contributed by atoms with van der Waals surface area (Å²) in [6.07, 6.45) is 0. The van der Waals surface area contributed by atoms with Crippen LogP contribution in [0, 0.1) is 6.92 Å². The molecule has 0 aromatic heterocycles. The predicted molar refractivity (Wildman–Crippen MR) is 94.6 cm³/mol. The zero-order valence-electron chi connectivity index (χ0n) is 14.9. The molecule has 0 radical (unpaired) electrons. The van der Waals surface area contributed by atoms with Gasteiger partial charge in [-0.1, -0.05) is 12.1 Å². The Balaban J connectivity index is 1.96. The number of hydrogen-bond donors (Lipinski definition) is 1. The molecule has 1 amide bonds. The third-order valence-corrected chi connectivity index (χ3v) is 3.58. The normalized spacial score (nSPS) is 10.1. The maximum atomic E-state index is 12.1. The number of hydrogen-bond acceptors (Lipinski definition) is 5. The molecule has 0 saturated heterocycles. The van der Waals surface area contributed by atoms with Crippen molar-refractivity contribution in [3.63, 3.8) is 0 Å². The van der Waals surface area contributed by atoms with Crippen molar-refractivity contribution >= 4 is 5.91 Å². The monoisotopic (exact) mass is 345 g/mol. The van der Waals surface area contributed by atoms with E-state index in [2.05, 4.69) is 5.32 Å². The quantitative estimate of drug-likeness (QED) is 0.797. The molecule has 2 aromatic carbocycles. The molecule has 6 heteroatoms. The first kappa shape index (κ1) is 18.4. The van der Waals surface area contributed by atoms with Gasteiger partial charge in [0.2, 0.25) is 5.75 Å². The van der Waals surface area contributed by atoms with Crippen molar-refractivity contribution in [2.45, 2.75) is 13.5 Å². The summed E-state index contributed by atoms with van der Waals surface area (Å²) >= 11 is 0. The summed E-state index contributed by atoms with van der Waals surface area (Å²) in [6, 6.07) is 11.2. The molecular weight excluding hydrogens is 322 g/mol. The van der Waals surface area contributed by atoms with Crippen molar-refractivity contribution in [2.24, 2.45) is 0 Å². The molecule has 25 heavy (non-hydrogen) atoms. The Kier molecular flexibility index (Phi) is 6.51. The maximum Gasteiger partial charge on any atom is 0.258 e. The number of methoxy groups -OCH3 is 3. The first-order valence-corrected chi connectivity index (χ1v) is 7.82. The second-order valence-corrected chi connectivity index (χ2v) is 5.42. The van der Waals surface area contributed by atoms with Gasteiger partial charge in [0.05, 0.1) is 21.3 Å². The standard InChI is InChI=1S/C19H23NO5/c1-13-8-16(23-3)19(17(9-13)24-4)25-12-18(21)20-11-14-6-5-7-15(10-14)22-2/h5-10H,11-12H2,1-4H3,(H,20,21). The van der Waals surface area contributed by atoms with Gasteiger partial charge in [0.25, 0.3) is 5.91 Å². The van der Waals surface area contributed by atoms with Gasteiger partial charge in [0.15, 0.2) is 18.1 Å². The van der Waals surface area contributed by atoms with Crippen LogP contribution >= 0.6 is 0 Å². The molecule has 2 rings (SSSR count). The zero-order chi connectivity index (χ0) is 18.2. The number of carbonyl (C=O) groups is 1. The summed E-state index contributed by atoms with van der Waals surface area (Å²) in [5.41, 5.74) is 1.92. The summed E-state index contributed by atoms with van der Waals surface area (Å²) in [4.78, 5) is 12.1. The van der Waals surface area contributed by atoms with Crippen LogP contribution in [0.2, 0.25) is 0 Å². The minimum atomic E-state index is -0.243. The number of benzene rings is 2. The molecule has 0 fully saturated rings. The second-order valence-electron chi connectivity index (χ2n) is 5.42. The Hall–Kier alpha value is -2.89. The van der Waals surface area contributed by atoms with Crippen molar-refractivity contribution in [2.75, 3.05) is 27.9 Å². The van der Waals surface area contributed by atoms with Crippen molar-refractivity contribution in [1.29, 1.82) is 0 Å². The van der Waals surface area contributed by atoms with E-state index in [9.17, 15) is 4.79 Å². The number of carbonyl (C=O) groups excluding carboxylic acids is 1. The molecule has 0 unspecified atom stereocenters. The first-order chi connectivity index (χ1) is 12.1. The largest absolute Gasteiger partial charge is 0.497 e. The Morgan fingerprint density at radius 3 is 2.28 bits per heavy atom. The van der Waals surface area contributed by atoms with Crippen LogP contribution in [0.4, 0.5) is 0 Å². The van der Waals surface area contributed by atoms with Gasteiger partial charge in [0, 0.05) is 6.54 Å². The van der Waals surface area contributed by atoms with Crippen LogP contribution in [0.25, 0.3) is 0 Å². The van der Waals surface area contributed by atoms with Crippen LogP contribution in [-0.2, 0) is 11.3 Å². The number of rotatable bonds is 8. The van der Waals surface area contributed by atoms with Gasteiger partial charge < -0.3 is 24.3 Å². The molecule has 0 spiro atoms. The van der Waals surface area contributed by atoms with E-state index in [0.29, 0.717) is 23.8 Å². The van der Waals surface area contributed by atoms with Crippen LogP contribution in [0.15, 0.2) is 36.4 Å². The van der Waals surface area contributed by atoms with E-state index in [1.807, 2.05) is 43.3 Å². The summed E-state index contributed by atoms with van der Waals surface area (Å²) in [6.45, 7) is 2.18. The number of amides is 1. The highest BCUT2D eigenvalue weighted by Gasteiger charge is 2.14. The van der Waals surface area contributed by atoms with Gasteiger partial charge >= 0.3 is 0 Å². The van der Waals surface area contributed by atoms with E-state index in [4.69, 9.17) is 18.9 Å². The minimum absolute atomic E-state index is 0.139. The summed E-state index contributed by atoms with van der Waals surface area (Å²) in [5, 5.41) is 2.81. The smallest absolute Gasteiger partial charge is 0.258 e. The lowest BCUT2D eigenvalue weighted by Gasteiger charge is -2.15. The van der Waals surface area contributed by atoms with E-state index in [1.54, 1.807) is 21.3 Å². The SMILES string of the molecule is COc1cccc(CNC(=O)COc2c(OC)cc(C)cc2OC)c1. The highest BCUT2D eigenvalue weighted by molar-refractivity contribution is 5.77. The molecule has 0 aliphatic heterocycles. The van der Waals surface area contributed by atoms with Crippen molar-refractivity contribution in [3.05, 3.63) is 47.5 Å². The average Bonchev–Trinajstić information content (AvgIpc) is 2.64. The van der Waals surface area contributed by atoms with Crippen LogP contribution in [-0.4, -0.2) is 33.8 Å². The van der Waals surface area contributed by atoms with Crippen LogP contribution < -0.4 is 24.3 Å². The van der Waals surface area contributed by atoms with E-state index in [0.717, 1.165) is 16.9 Å². The van der Waals surface area contributed by atoms with Crippen molar-refractivity contribution < 1.29 is 23.7 Å². The third-order valence-electron chi connectivity index (χ3n) is 3.58. The Morgan fingerprint density at radius 1 is 1.00 bits per heavy atom. The van der Waals surface area contributed by atoms with E-state index in [1.165, 1.54) is 0 Å². The molecule has 6 nitrogen and oxygen atoms in total. The summed E-state index contributed by atoms with van der Waals surface area (Å²) in [7, 11) is 4.70. The minimum Gasteiger partial charge on any atom is -0.497 e. The average molecular weight is 345 g/mol. The van der Waals surface area contributed by atoms with Crippen molar-refractivity contribution in [1.82, 2.24) is 5.32 Å². The highest BCUT2D eigenvalue weighted by Crippen LogP contribution is 2.38. The van der Waals surface area contributed by atoms with Crippen molar-refractivity contribution in [3.8, 4) is 23.0 Å². The second kappa shape index (κ2) is 8.82. The molecule has 0 aliphatic rings. The van der Waals surface area contributed by atoms with Crippen LogP contribution in [0.3, 0.4) is 0 Å². The molecule has 2 aromatic rings. The number of ether oxygens (including phenoxy) is 4. The number of nitrogens with one attached hydrogen (secondary N) is 1. The van der Waals surface area contributed by atoms with E-state index >= 15 is 0 Å².